The molecular weight excluding hydrogens is 262 g/mol. The Morgan fingerprint density at radius 3 is 2.52 bits per heavy atom. The lowest BCUT2D eigenvalue weighted by Gasteiger charge is -2.41. The van der Waals surface area contributed by atoms with Crippen LogP contribution < -0.4 is 0 Å². The normalized spacial score (nSPS) is 40.7. The first-order valence-corrected chi connectivity index (χ1v) is 9.01. The van der Waals surface area contributed by atoms with Crippen molar-refractivity contribution in [3.63, 3.8) is 0 Å². The van der Waals surface area contributed by atoms with Crippen LogP contribution in [0.5, 0.6) is 0 Å². The van der Waals surface area contributed by atoms with Gasteiger partial charge in [-0.3, -0.25) is 4.90 Å². The molecule has 1 atom stereocenters. The third kappa shape index (κ3) is 3.62. The maximum atomic E-state index is 9.56. The summed E-state index contributed by atoms with van der Waals surface area (Å²) in [5.41, 5.74) is 0.583. The first kappa shape index (κ1) is 15.8. The maximum Gasteiger partial charge on any atom is 0.0632 e. The SMILES string of the molecule is CC1(C)CC2(CCC(CN3CCCCC3CO)CC2)CO1. The Balaban J connectivity index is 1.50. The zero-order valence-corrected chi connectivity index (χ0v) is 13.9. The summed E-state index contributed by atoms with van der Waals surface area (Å²) in [7, 11) is 0. The van der Waals surface area contributed by atoms with Gasteiger partial charge in [0.1, 0.15) is 0 Å². The molecule has 3 nitrogen and oxygen atoms in total. The minimum absolute atomic E-state index is 0.0989. The van der Waals surface area contributed by atoms with Gasteiger partial charge in [-0.1, -0.05) is 6.42 Å². The third-order valence-electron chi connectivity index (χ3n) is 6.19. The number of nitrogens with zero attached hydrogens (tertiary/aromatic N) is 1. The van der Waals surface area contributed by atoms with Crippen molar-refractivity contribution in [1.29, 1.82) is 0 Å². The van der Waals surface area contributed by atoms with Crippen LogP contribution in [0.4, 0.5) is 0 Å². The Bertz CT molecular complexity index is 347. The third-order valence-corrected chi connectivity index (χ3v) is 6.19. The Kier molecular flexibility index (Phi) is 4.63. The molecule has 0 radical (unpaired) electrons. The van der Waals surface area contributed by atoms with E-state index in [0.717, 1.165) is 12.5 Å². The van der Waals surface area contributed by atoms with Gasteiger partial charge < -0.3 is 9.84 Å². The van der Waals surface area contributed by atoms with Crippen molar-refractivity contribution >= 4 is 0 Å². The van der Waals surface area contributed by atoms with Crippen LogP contribution in [0.3, 0.4) is 0 Å². The zero-order valence-electron chi connectivity index (χ0n) is 13.9. The van der Waals surface area contributed by atoms with Crippen molar-refractivity contribution < 1.29 is 9.84 Å². The lowest BCUT2D eigenvalue weighted by molar-refractivity contribution is 0.0237. The van der Waals surface area contributed by atoms with Gasteiger partial charge in [-0.25, -0.2) is 0 Å². The molecule has 3 fully saturated rings. The summed E-state index contributed by atoms with van der Waals surface area (Å²) in [6, 6.07) is 0.434. The second kappa shape index (κ2) is 6.17. The summed E-state index contributed by atoms with van der Waals surface area (Å²) in [5, 5.41) is 9.56. The van der Waals surface area contributed by atoms with Gasteiger partial charge in [0.2, 0.25) is 0 Å². The molecule has 0 aromatic rings. The Morgan fingerprint density at radius 2 is 1.90 bits per heavy atom. The fraction of sp³-hybridized carbons (Fsp3) is 1.00. The summed E-state index contributed by atoms with van der Waals surface area (Å²) >= 11 is 0. The molecule has 122 valence electrons. The Hall–Kier alpha value is -0.120. The summed E-state index contributed by atoms with van der Waals surface area (Å²) in [4.78, 5) is 2.57. The molecule has 3 rings (SSSR count). The molecule has 0 aromatic heterocycles. The van der Waals surface area contributed by atoms with Crippen LogP contribution >= 0.6 is 0 Å². The number of ether oxygens (including phenoxy) is 1. The van der Waals surface area contributed by atoms with Gasteiger partial charge in [-0.05, 0) is 76.7 Å². The molecule has 2 aliphatic heterocycles. The molecule has 1 saturated carbocycles. The minimum atomic E-state index is 0.0989. The van der Waals surface area contributed by atoms with Crippen LogP contribution in [0.25, 0.3) is 0 Å². The number of piperidine rings is 1. The smallest absolute Gasteiger partial charge is 0.0632 e. The molecule has 3 aliphatic rings. The monoisotopic (exact) mass is 295 g/mol. The number of rotatable bonds is 3. The number of hydrogen-bond donors (Lipinski definition) is 1. The van der Waals surface area contributed by atoms with Crippen molar-refractivity contribution in [3.8, 4) is 0 Å². The average Bonchev–Trinajstić information content (AvgIpc) is 2.78. The Labute approximate surface area is 130 Å². The fourth-order valence-corrected chi connectivity index (χ4v) is 4.99. The highest BCUT2D eigenvalue weighted by molar-refractivity contribution is 4.96. The van der Waals surface area contributed by atoms with Gasteiger partial charge in [0.15, 0.2) is 0 Å². The summed E-state index contributed by atoms with van der Waals surface area (Å²) < 4.78 is 6.01. The molecule has 0 amide bonds. The van der Waals surface area contributed by atoms with Gasteiger partial charge in [-0.15, -0.1) is 0 Å². The molecule has 2 heterocycles. The molecule has 1 spiro atoms. The van der Waals surface area contributed by atoms with Crippen molar-refractivity contribution in [1.82, 2.24) is 4.90 Å². The lowest BCUT2D eigenvalue weighted by atomic mass is 9.68. The molecule has 21 heavy (non-hydrogen) atoms. The van der Waals surface area contributed by atoms with E-state index >= 15 is 0 Å². The van der Waals surface area contributed by atoms with E-state index in [0.29, 0.717) is 18.1 Å². The van der Waals surface area contributed by atoms with E-state index in [1.165, 1.54) is 64.5 Å². The topological polar surface area (TPSA) is 32.7 Å². The van der Waals surface area contributed by atoms with E-state index in [9.17, 15) is 5.11 Å². The van der Waals surface area contributed by atoms with Crippen LogP contribution in [-0.2, 0) is 4.74 Å². The van der Waals surface area contributed by atoms with Crippen molar-refractivity contribution in [2.75, 3.05) is 26.3 Å². The van der Waals surface area contributed by atoms with E-state index < -0.39 is 0 Å². The molecule has 1 N–H and O–H groups in total. The number of aliphatic hydroxyl groups excluding tert-OH is 1. The van der Waals surface area contributed by atoms with Crippen molar-refractivity contribution in [3.05, 3.63) is 0 Å². The molecule has 2 saturated heterocycles. The van der Waals surface area contributed by atoms with Gasteiger partial charge in [0.25, 0.3) is 0 Å². The first-order valence-electron chi connectivity index (χ1n) is 9.01. The second-order valence-electron chi connectivity index (χ2n) is 8.50. The summed E-state index contributed by atoms with van der Waals surface area (Å²) in [5.74, 6) is 0.839. The largest absolute Gasteiger partial charge is 0.395 e. The molecule has 1 aliphatic carbocycles. The van der Waals surface area contributed by atoms with Gasteiger partial charge in [-0.2, -0.15) is 0 Å². The summed E-state index contributed by atoms with van der Waals surface area (Å²) in [6.07, 6.45) is 10.4. The first-order chi connectivity index (χ1) is 10.0. The zero-order chi connectivity index (χ0) is 14.9. The van der Waals surface area contributed by atoms with E-state index in [-0.39, 0.29) is 5.60 Å². The van der Waals surface area contributed by atoms with Gasteiger partial charge in [0.05, 0.1) is 18.8 Å². The van der Waals surface area contributed by atoms with Crippen LogP contribution in [0.1, 0.15) is 65.2 Å². The van der Waals surface area contributed by atoms with E-state index in [2.05, 4.69) is 18.7 Å². The van der Waals surface area contributed by atoms with Gasteiger partial charge in [0, 0.05) is 12.6 Å². The van der Waals surface area contributed by atoms with Crippen molar-refractivity contribution in [2.45, 2.75) is 76.9 Å². The highest BCUT2D eigenvalue weighted by Crippen LogP contribution is 2.50. The van der Waals surface area contributed by atoms with Gasteiger partial charge >= 0.3 is 0 Å². The number of hydrogen-bond acceptors (Lipinski definition) is 3. The fourth-order valence-electron chi connectivity index (χ4n) is 4.99. The molecule has 0 bridgehead atoms. The van der Waals surface area contributed by atoms with E-state index in [4.69, 9.17) is 4.74 Å². The molecule has 0 aromatic carbocycles. The Morgan fingerprint density at radius 1 is 1.14 bits per heavy atom. The average molecular weight is 295 g/mol. The summed E-state index contributed by atoms with van der Waals surface area (Å²) in [6.45, 7) is 8.23. The highest BCUT2D eigenvalue weighted by atomic mass is 16.5. The van der Waals surface area contributed by atoms with Crippen LogP contribution in [0, 0.1) is 11.3 Å². The number of likely N-dealkylation sites (tertiary alicyclic amines) is 1. The van der Waals surface area contributed by atoms with Crippen molar-refractivity contribution in [2.24, 2.45) is 11.3 Å². The van der Waals surface area contributed by atoms with Crippen LogP contribution in [0.15, 0.2) is 0 Å². The maximum absolute atomic E-state index is 9.56. The predicted octanol–water partition coefficient (Wildman–Crippen LogP) is 3.21. The lowest BCUT2D eigenvalue weighted by Crippen LogP contribution is -2.45. The molecule has 3 heteroatoms. The quantitative estimate of drug-likeness (QED) is 0.868. The number of aliphatic hydroxyl groups is 1. The van der Waals surface area contributed by atoms with E-state index in [1.54, 1.807) is 0 Å². The molecule has 1 unspecified atom stereocenters. The van der Waals surface area contributed by atoms with Crippen LogP contribution in [-0.4, -0.2) is 48.0 Å². The van der Waals surface area contributed by atoms with Crippen LogP contribution in [0.2, 0.25) is 0 Å². The molecular formula is C18H33NO2. The second-order valence-corrected chi connectivity index (χ2v) is 8.50. The predicted molar refractivity (Wildman–Crippen MR) is 85.3 cm³/mol. The highest BCUT2D eigenvalue weighted by Gasteiger charge is 2.46. The van der Waals surface area contributed by atoms with E-state index in [1.807, 2.05) is 0 Å². The standard InChI is InChI=1S/C18H33NO2/c1-17(2)13-18(14-21-17)8-6-15(7-9-18)11-19-10-4-3-5-16(19)12-20/h15-16,20H,3-14H2,1-2H3. The minimum Gasteiger partial charge on any atom is -0.395 e.